The summed E-state index contributed by atoms with van der Waals surface area (Å²) < 4.78 is 7.02. The Kier molecular flexibility index (Phi) is 6.54. The lowest BCUT2D eigenvalue weighted by atomic mass is 9.91. The SMILES string of the molecule is COc1ccc(CCn2cnc3sc4c(c3c2=O)CC[C@H](N2CCN(C(C)C)CC2)C4)cc1. The minimum Gasteiger partial charge on any atom is -0.497 e. The molecule has 1 aromatic carbocycles. The van der Waals surface area contributed by atoms with Crippen LogP contribution in [-0.2, 0) is 25.8 Å². The second-order valence-corrected chi connectivity index (χ2v) is 10.7. The number of thiophene rings is 1. The Bertz CT molecular complexity index is 1160. The summed E-state index contributed by atoms with van der Waals surface area (Å²) in [6.45, 7) is 9.84. The first kappa shape index (κ1) is 22.6. The Hall–Kier alpha value is -2.22. The van der Waals surface area contributed by atoms with Gasteiger partial charge in [0.25, 0.3) is 5.56 Å². The molecule has 0 unspecified atom stereocenters. The fraction of sp³-hybridized carbons (Fsp3) is 0.538. The third-order valence-corrected chi connectivity index (χ3v) is 8.57. The van der Waals surface area contributed by atoms with Crippen molar-refractivity contribution in [1.82, 2.24) is 19.4 Å². The van der Waals surface area contributed by atoms with Crippen LogP contribution in [0.2, 0.25) is 0 Å². The number of ether oxygens (including phenoxy) is 1. The van der Waals surface area contributed by atoms with Gasteiger partial charge < -0.3 is 4.74 Å². The maximum absolute atomic E-state index is 13.4. The normalized spacial score (nSPS) is 19.8. The molecule has 5 rings (SSSR count). The minimum atomic E-state index is 0.120. The Morgan fingerprint density at radius 3 is 2.61 bits per heavy atom. The van der Waals surface area contributed by atoms with Crippen LogP contribution in [0.15, 0.2) is 35.4 Å². The minimum absolute atomic E-state index is 0.120. The number of aryl methyl sites for hydroxylation is 3. The molecule has 2 aromatic heterocycles. The first-order valence-electron chi connectivity index (χ1n) is 12.1. The highest BCUT2D eigenvalue weighted by molar-refractivity contribution is 7.18. The van der Waals surface area contributed by atoms with Crippen molar-refractivity contribution in [3.05, 3.63) is 57.0 Å². The van der Waals surface area contributed by atoms with Gasteiger partial charge in [-0.3, -0.25) is 19.2 Å². The van der Waals surface area contributed by atoms with Crippen molar-refractivity contribution in [3.8, 4) is 5.75 Å². The molecular weight excluding hydrogens is 432 g/mol. The highest BCUT2D eigenvalue weighted by Gasteiger charge is 2.30. The van der Waals surface area contributed by atoms with Crippen LogP contribution in [0.5, 0.6) is 5.75 Å². The lowest BCUT2D eigenvalue weighted by Crippen LogP contribution is -2.53. The lowest BCUT2D eigenvalue weighted by molar-refractivity contribution is 0.0735. The Morgan fingerprint density at radius 1 is 1.15 bits per heavy atom. The van der Waals surface area contributed by atoms with Crippen molar-refractivity contribution < 1.29 is 4.74 Å². The van der Waals surface area contributed by atoms with E-state index < -0.39 is 0 Å². The number of hydrogen-bond donors (Lipinski definition) is 0. The number of methoxy groups -OCH3 is 1. The molecule has 0 amide bonds. The highest BCUT2D eigenvalue weighted by Crippen LogP contribution is 2.35. The standard InChI is InChI=1S/C26H34N4O2S/c1-18(2)28-12-14-29(15-13-28)20-6-9-22-23(16-20)33-25-24(22)26(31)30(17-27-25)11-10-19-4-7-21(32-3)8-5-19/h4-5,7-8,17-18,20H,6,9-16H2,1-3H3/t20-/m0/s1. The van der Waals surface area contributed by atoms with Crippen LogP contribution in [0.25, 0.3) is 10.2 Å². The Labute approximate surface area is 199 Å². The molecule has 2 aliphatic rings. The molecule has 1 atom stereocenters. The summed E-state index contributed by atoms with van der Waals surface area (Å²) in [7, 11) is 1.67. The highest BCUT2D eigenvalue weighted by atomic mass is 32.1. The van der Waals surface area contributed by atoms with Crippen molar-refractivity contribution in [3.63, 3.8) is 0 Å². The molecule has 1 aliphatic carbocycles. The molecule has 0 bridgehead atoms. The van der Waals surface area contributed by atoms with E-state index in [0.717, 1.165) is 67.8 Å². The van der Waals surface area contributed by atoms with Crippen molar-refractivity contribution in [2.24, 2.45) is 0 Å². The quantitative estimate of drug-likeness (QED) is 0.556. The first-order valence-corrected chi connectivity index (χ1v) is 13.0. The zero-order valence-corrected chi connectivity index (χ0v) is 20.7. The van der Waals surface area contributed by atoms with E-state index in [0.29, 0.717) is 18.6 Å². The second-order valence-electron chi connectivity index (χ2n) is 9.59. The van der Waals surface area contributed by atoms with Crippen LogP contribution in [0.1, 0.15) is 36.3 Å². The van der Waals surface area contributed by atoms with Gasteiger partial charge in [0.05, 0.1) is 18.8 Å². The molecule has 0 saturated carbocycles. The van der Waals surface area contributed by atoms with Crippen LogP contribution in [0, 0.1) is 0 Å². The molecule has 33 heavy (non-hydrogen) atoms. The van der Waals surface area contributed by atoms with Gasteiger partial charge in [-0.25, -0.2) is 4.98 Å². The molecule has 6 nitrogen and oxygen atoms in total. The largest absolute Gasteiger partial charge is 0.497 e. The fourth-order valence-electron chi connectivity index (χ4n) is 5.32. The van der Waals surface area contributed by atoms with Crippen LogP contribution >= 0.6 is 11.3 Å². The number of hydrogen-bond acceptors (Lipinski definition) is 6. The zero-order valence-electron chi connectivity index (χ0n) is 19.9. The molecule has 0 radical (unpaired) electrons. The van der Waals surface area contributed by atoms with Crippen LogP contribution < -0.4 is 10.3 Å². The van der Waals surface area contributed by atoms with Crippen LogP contribution in [-0.4, -0.2) is 64.7 Å². The molecule has 3 heterocycles. The van der Waals surface area contributed by atoms with Gasteiger partial charge >= 0.3 is 0 Å². The number of rotatable bonds is 6. The van der Waals surface area contributed by atoms with Gasteiger partial charge in [0.2, 0.25) is 0 Å². The van der Waals surface area contributed by atoms with Crippen molar-refractivity contribution in [2.45, 2.75) is 58.2 Å². The van der Waals surface area contributed by atoms with Crippen LogP contribution in [0.3, 0.4) is 0 Å². The third kappa shape index (κ3) is 4.59. The molecule has 176 valence electrons. The van der Waals surface area contributed by atoms with E-state index in [1.165, 1.54) is 16.0 Å². The van der Waals surface area contributed by atoms with Crippen molar-refractivity contribution >= 4 is 21.6 Å². The maximum atomic E-state index is 13.4. The molecule has 1 aliphatic heterocycles. The van der Waals surface area contributed by atoms with Gasteiger partial charge in [0.1, 0.15) is 10.6 Å². The summed E-state index contributed by atoms with van der Waals surface area (Å²) in [6, 6.07) is 9.28. The van der Waals surface area contributed by atoms with Gasteiger partial charge in [0.15, 0.2) is 0 Å². The first-order chi connectivity index (χ1) is 16.0. The average Bonchev–Trinajstić information content (AvgIpc) is 3.22. The van der Waals surface area contributed by atoms with Crippen molar-refractivity contribution in [1.29, 1.82) is 0 Å². The molecule has 1 saturated heterocycles. The number of aromatic nitrogens is 2. The summed E-state index contributed by atoms with van der Waals surface area (Å²) >= 11 is 1.74. The van der Waals surface area contributed by atoms with Crippen molar-refractivity contribution in [2.75, 3.05) is 33.3 Å². The monoisotopic (exact) mass is 466 g/mol. The van der Waals surface area contributed by atoms with E-state index in [-0.39, 0.29) is 5.56 Å². The third-order valence-electron chi connectivity index (χ3n) is 7.41. The topological polar surface area (TPSA) is 50.6 Å². The Morgan fingerprint density at radius 2 is 1.91 bits per heavy atom. The van der Waals surface area contributed by atoms with Gasteiger partial charge in [-0.05, 0) is 62.8 Å². The van der Waals surface area contributed by atoms with Gasteiger partial charge in [0, 0.05) is 49.7 Å². The van der Waals surface area contributed by atoms with E-state index in [1.54, 1.807) is 29.3 Å². The lowest BCUT2D eigenvalue weighted by Gasteiger charge is -2.42. The number of nitrogens with zero attached hydrogens (tertiary/aromatic N) is 4. The number of fused-ring (bicyclic) bond motifs is 3. The summed E-state index contributed by atoms with van der Waals surface area (Å²) in [5.74, 6) is 0.851. The second kappa shape index (κ2) is 9.57. The fourth-order valence-corrected chi connectivity index (χ4v) is 6.56. The molecule has 0 N–H and O–H groups in total. The molecular formula is C26H34N4O2S. The summed E-state index contributed by atoms with van der Waals surface area (Å²) in [5.41, 5.74) is 2.58. The van der Waals surface area contributed by atoms with E-state index in [1.807, 2.05) is 12.1 Å². The molecule has 3 aromatic rings. The molecule has 1 fully saturated rings. The van der Waals surface area contributed by atoms with E-state index in [4.69, 9.17) is 9.72 Å². The Balaban J connectivity index is 1.30. The number of benzene rings is 1. The maximum Gasteiger partial charge on any atom is 0.262 e. The zero-order chi connectivity index (χ0) is 22.9. The molecule has 7 heteroatoms. The number of piperazine rings is 1. The summed E-state index contributed by atoms with van der Waals surface area (Å²) in [6.07, 6.45) is 5.72. The summed E-state index contributed by atoms with van der Waals surface area (Å²) in [5, 5.41) is 0.871. The van der Waals surface area contributed by atoms with E-state index in [9.17, 15) is 4.79 Å². The van der Waals surface area contributed by atoms with Gasteiger partial charge in [-0.15, -0.1) is 11.3 Å². The summed E-state index contributed by atoms with van der Waals surface area (Å²) in [4.78, 5) is 25.6. The smallest absolute Gasteiger partial charge is 0.262 e. The van der Waals surface area contributed by atoms with Gasteiger partial charge in [-0.2, -0.15) is 0 Å². The van der Waals surface area contributed by atoms with Crippen LogP contribution in [0.4, 0.5) is 0 Å². The average molecular weight is 467 g/mol. The van der Waals surface area contributed by atoms with Gasteiger partial charge in [-0.1, -0.05) is 12.1 Å². The predicted molar refractivity (Wildman–Crippen MR) is 135 cm³/mol. The van der Waals surface area contributed by atoms with E-state index >= 15 is 0 Å². The predicted octanol–water partition coefficient (Wildman–Crippen LogP) is 3.59. The molecule has 0 spiro atoms. The van der Waals surface area contributed by atoms with E-state index in [2.05, 4.69) is 35.8 Å².